The molecule has 4 aromatic rings. The third kappa shape index (κ3) is 4.71. The van der Waals surface area contributed by atoms with E-state index in [1.54, 1.807) is 60.9 Å². The van der Waals surface area contributed by atoms with Gasteiger partial charge in [-0.05, 0) is 42.5 Å². The molecule has 0 atom stereocenters. The summed E-state index contributed by atoms with van der Waals surface area (Å²) in [7, 11) is 0. The van der Waals surface area contributed by atoms with Gasteiger partial charge in [0.25, 0.3) is 0 Å². The number of hydrogen-bond donors (Lipinski definition) is 2. The predicted octanol–water partition coefficient (Wildman–Crippen LogP) is 5.01. The summed E-state index contributed by atoms with van der Waals surface area (Å²) in [6.07, 6.45) is 3.26. The van der Waals surface area contributed by atoms with Crippen LogP contribution in [0.5, 0.6) is 11.5 Å². The van der Waals surface area contributed by atoms with E-state index in [1.165, 1.54) is 11.8 Å². The largest absolute Gasteiger partial charge is 0.456 e. The zero-order chi connectivity index (χ0) is 20.9. The SMILES string of the molecule is N#Cc1ccc2[nH]c(SCC(=O)Nc3ccc(Oc4cccnc4)cc3Cl)nc2c1. The van der Waals surface area contributed by atoms with Crippen LogP contribution in [0.1, 0.15) is 5.56 Å². The summed E-state index contributed by atoms with van der Waals surface area (Å²) < 4.78 is 5.67. The molecular weight excluding hydrogens is 422 g/mol. The fraction of sp³-hybridized carbons (Fsp3) is 0.0476. The quantitative estimate of drug-likeness (QED) is 0.413. The van der Waals surface area contributed by atoms with Gasteiger partial charge >= 0.3 is 0 Å². The van der Waals surface area contributed by atoms with E-state index in [2.05, 4.69) is 26.3 Å². The molecular formula is C21H14ClN5O2S. The highest BCUT2D eigenvalue weighted by atomic mass is 35.5. The molecule has 0 aliphatic carbocycles. The van der Waals surface area contributed by atoms with Gasteiger partial charge in [0.15, 0.2) is 5.16 Å². The van der Waals surface area contributed by atoms with Crippen LogP contribution in [0.2, 0.25) is 5.02 Å². The molecule has 1 amide bonds. The Balaban J connectivity index is 1.36. The van der Waals surface area contributed by atoms with Crippen LogP contribution in [-0.2, 0) is 4.79 Å². The van der Waals surface area contributed by atoms with Crippen LogP contribution in [-0.4, -0.2) is 26.6 Å². The van der Waals surface area contributed by atoms with E-state index in [0.29, 0.717) is 38.4 Å². The summed E-state index contributed by atoms with van der Waals surface area (Å²) in [5, 5.41) is 12.7. The average molecular weight is 436 g/mol. The number of rotatable bonds is 6. The van der Waals surface area contributed by atoms with Crippen molar-refractivity contribution in [2.75, 3.05) is 11.1 Å². The van der Waals surface area contributed by atoms with Crippen LogP contribution in [0.25, 0.3) is 11.0 Å². The number of nitrogens with zero attached hydrogens (tertiary/aromatic N) is 3. The summed E-state index contributed by atoms with van der Waals surface area (Å²) in [5.41, 5.74) is 2.52. The van der Waals surface area contributed by atoms with Gasteiger partial charge in [-0.1, -0.05) is 23.4 Å². The van der Waals surface area contributed by atoms with Crippen LogP contribution in [0.15, 0.2) is 66.1 Å². The third-order valence-electron chi connectivity index (χ3n) is 4.02. The number of H-pyrrole nitrogens is 1. The molecule has 2 N–H and O–H groups in total. The summed E-state index contributed by atoms with van der Waals surface area (Å²) in [4.78, 5) is 23.8. The fourth-order valence-corrected chi connectivity index (χ4v) is 3.55. The highest BCUT2D eigenvalue weighted by Gasteiger charge is 2.11. The number of imidazole rings is 1. The lowest BCUT2D eigenvalue weighted by Gasteiger charge is -2.09. The lowest BCUT2D eigenvalue weighted by atomic mass is 10.2. The molecule has 7 nitrogen and oxygen atoms in total. The van der Waals surface area contributed by atoms with Crippen molar-refractivity contribution in [3.63, 3.8) is 0 Å². The molecule has 0 saturated carbocycles. The number of halogens is 1. The number of hydrogen-bond acceptors (Lipinski definition) is 6. The van der Waals surface area contributed by atoms with Crippen molar-refractivity contribution < 1.29 is 9.53 Å². The van der Waals surface area contributed by atoms with E-state index in [4.69, 9.17) is 21.6 Å². The van der Waals surface area contributed by atoms with Crippen molar-refractivity contribution in [2.45, 2.75) is 5.16 Å². The molecule has 2 aromatic heterocycles. The van der Waals surface area contributed by atoms with E-state index in [9.17, 15) is 4.79 Å². The van der Waals surface area contributed by atoms with Gasteiger partial charge in [0.05, 0.1) is 45.3 Å². The molecule has 0 bridgehead atoms. The monoisotopic (exact) mass is 435 g/mol. The second-order valence-corrected chi connectivity index (χ2v) is 7.53. The number of benzene rings is 2. The van der Waals surface area contributed by atoms with E-state index in [0.717, 1.165) is 5.52 Å². The maximum atomic E-state index is 12.3. The number of nitriles is 1. The number of anilines is 1. The normalized spacial score (nSPS) is 10.5. The minimum atomic E-state index is -0.221. The first kappa shape index (κ1) is 19.8. The second-order valence-electron chi connectivity index (χ2n) is 6.15. The lowest BCUT2D eigenvalue weighted by molar-refractivity contribution is -0.113. The van der Waals surface area contributed by atoms with E-state index < -0.39 is 0 Å². The Morgan fingerprint density at radius 3 is 2.90 bits per heavy atom. The number of aromatic amines is 1. The Morgan fingerprint density at radius 1 is 1.23 bits per heavy atom. The van der Waals surface area contributed by atoms with Crippen LogP contribution < -0.4 is 10.1 Å². The standard InChI is InChI=1S/C21H14ClN5O2S/c22-16-9-14(29-15-2-1-7-24-11-15)4-6-17(16)25-20(28)12-30-21-26-18-5-3-13(10-23)8-19(18)27-21/h1-9,11H,12H2,(H,25,28)(H,26,27). The number of nitrogens with one attached hydrogen (secondary N) is 2. The predicted molar refractivity (Wildman–Crippen MR) is 116 cm³/mol. The fourth-order valence-electron chi connectivity index (χ4n) is 2.64. The minimum absolute atomic E-state index is 0.148. The van der Waals surface area contributed by atoms with Gasteiger partial charge in [-0.15, -0.1) is 0 Å². The van der Waals surface area contributed by atoms with Gasteiger partial charge in [-0.3, -0.25) is 9.78 Å². The van der Waals surface area contributed by atoms with Gasteiger partial charge in [-0.2, -0.15) is 5.26 Å². The van der Waals surface area contributed by atoms with Crippen molar-refractivity contribution >= 4 is 46.0 Å². The van der Waals surface area contributed by atoms with Crippen molar-refractivity contribution in [3.05, 3.63) is 71.5 Å². The van der Waals surface area contributed by atoms with E-state index in [-0.39, 0.29) is 11.7 Å². The number of fused-ring (bicyclic) bond motifs is 1. The van der Waals surface area contributed by atoms with Crippen LogP contribution in [0, 0.1) is 11.3 Å². The smallest absolute Gasteiger partial charge is 0.234 e. The van der Waals surface area contributed by atoms with Gasteiger partial charge in [0.2, 0.25) is 5.91 Å². The van der Waals surface area contributed by atoms with Crippen molar-refractivity contribution in [3.8, 4) is 17.6 Å². The molecule has 0 aliphatic heterocycles. The first-order valence-electron chi connectivity index (χ1n) is 8.81. The molecule has 0 spiro atoms. The second kappa shape index (κ2) is 8.86. The van der Waals surface area contributed by atoms with E-state index >= 15 is 0 Å². The molecule has 0 radical (unpaired) electrons. The van der Waals surface area contributed by atoms with Gasteiger partial charge in [0, 0.05) is 12.3 Å². The molecule has 2 heterocycles. The average Bonchev–Trinajstić information content (AvgIpc) is 3.17. The highest BCUT2D eigenvalue weighted by Crippen LogP contribution is 2.30. The van der Waals surface area contributed by atoms with E-state index in [1.807, 2.05) is 0 Å². The molecule has 0 aliphatic rings. The molecule has 0 saturated heterocycles. The Morgan fingerprint density at radius 2 is 2.13 bits per heavy atom. The summed E-state index contributed by atoms with van der Waals surface area (Å²) >= 11 is 7.54. The number of aromatic nitrogens is 3. The zero-order valence-corrected chi connectivity index (χ0v) is 17.0. The number of amides is 1. The first-order chi connectivity index (χ1) is 14.6. The van der Waals surface area contributed by atoms with Crippen molar-refractivity contribution in [1.29, 1.82) is 5.26 Å². The summed E-state index contributed by atoms with van der Waals surface area (Å²) in [6.45, 7) is 0. The Kier molecular flexibility index (Phi) is 5.84. The molecule has 0 unspecified atom stereocenters. The zero-order valence-electron chi connectivity index (χ0n) is 15.4. The molecule has 30 heavy (non-hydrogen) atoms. The number of carbonyl (C=O) groups is 1. The van der Waals surface area contributed by atoms with Gasteiger partial charge < -0.3 is 15.0 Å². The molecule has 2 aromatic carbocycles. The topological polar surface area (TPSA) is 104 Å². The maximum absolute atomic E-state index is 12.3. The molecule has 4 rings (SSSR count). The Labute approximate surface area is 181 Å². The summed E-state index contributed by atoms with van der Waals surface area (Å²) in [6, 6.07) is 15.9. The maximum Gasteiger partial charge on any atom is 0.234 e. The van der Waals surface area contributed by atoms with Crippen molar-refractivity contribution in [1.82, 2.24) is 15.0 Å². The van der Waals surface area contributed by atoms with Crippen LogP contribution >= 0.6 is 23.4 Å². The lowest BCUT2D eigenvalue weighted by Crippen LogP contribution is -2.14. The Bertz CT molecular complexity index is 1250. The number of pyridine rings is 1. The number of thioether (sulfide) groups is 1. The highest BCUT2D eigenvalue weighted by molar-refractivity contribution is 7.99. The first-order valence-corrected chi connectivity index (χ1v) is 10.2. The third-order valence-corrected chi connectivity index (χ3v) is 5.20. The van der Waals surface area contributed by atoms with Crippen molar-refractivity contribution in [2.24, 2.45) is 0 Å². The van der Waals surface area contributed by atoms with Gasteiger partial charge in [-0.25, -0.2) is 4.98 Å². The number of ether oxygens (including phenoxy) is 1. The van der Waals surface area contributed by atoms with Crippen LogP contribution in [0.3, 0.4) is 0 Å². The van der Waals surface area contributed by atoms with Gasteiger partial charge in [0.1, 0.15) is 11.5 Å². The number of carbonyl (C=O) groups excluding carboxylic acids is 1. The molecule has 9 heteroatoms. The molecule has 0 fully saturated rings. The van der Waals surface area contributed by atoms with Crippen LogP contribution in [0.4, 0.5) is 5.69 Å². The minimum Gasteiger partial charge on any atom is -0.456 e. The molecule has 148 valence electrons. The Hall–Kier alpha value is -3.54. The summed E-state index contributed by atoms with van der Waals surface area (Å²) in [5.74, 6) is 1.06.